The number of aryl methyl sites for hydroxylation is 1. The Hall–Kier alpha value is -2.16. The molecule has 0 saturated heterocycles. The quantitative estimate of drug-likeness (QED) is 0.689. The third kappa shape index (κ3) is 2.12. The van der Waals surface area contributed by atoms with Crippen LogP contribution >= 0.6 is 0 Å². The summed E-state index contributed by atoms with van der Waals surface area (Å²) in [4.78, 5) is 4.43. The van der Waals surface area contributed by atoms with Crippen molar-refractivity contribution in [3.05, 3.63) is 48.3 Å². The van der Waals surface area contributed by atoms with Crippen LogP contribution in [0, 0.1) is 6.92 Å². The average molecular weight is 251 g/mol. The second-order valence-corrected chi connectivity index (χ2v) is 5.17. The first-order valence-electron chi connectivity index (χ1n) is 6.55. The van der Waals surface area contributed by atoms with E-state index in [0.717, 1.165) is 16.6 Å². The molecule has 0 fully saturated rings. The van der Waals surface area contributed by atoms with E-state index in [-0.39, 0.29) is 0 Å². The summed E-state index contributed by atoms with van der Waals surface area (Å²) in [7, 11) is 0. The van der Waals surface area contributed by atoms with Gasteiger partial charge in [0.1, 0.15) is 0 Å². The van der Waals surface area contributed by atoms with E-state index >= 15 is 0 Å². The van der Waals surface area contributed by atoms with E-state index in [1.165, 1.54) is 11.1 Å². The Balaban J connectivity index is 2.12. The molecule has 19 heavy (non-hydrogen) atoms. The van der Waals surface area contributed by atoms with Gasteiger partial charge in [0.2, 0.25) is 0 Å². The summed E-state index contributed by atoms with van der Waals surface area (Å²) >= 11 is 0. The molecular weight excluding hydrogens is 234 g/mol. The average Bonchev–Trinajstić information content (AvgIpc) is 2.81. The van der Waals surface area contributed by atoms with Gasteiger partial charge in [-0.05, 0) is 50.6 Å². The molecule has 0 N–H and O–H groups in total. The zero-order valence-electron chi connectivity index (χ0n) is 11.5. The van der Waals surface area contributed by atoms with E-state index in [2.05, 4.69) is 55.1 Å². The van der Waals surface area contributed by atoms with Gasteiger partial charge in [0, 0.05) is 23.2 Å². The lowest BCUT2D eigenvalue weighted by molar-refractivity contribution is 0.551. The molecule has 0 saturated carbocycles. The van der Waals surface area contributed by atoms with E-state index < -0.39 is 0 Å². The highest BCUT2D eigenvalue weighted by Gasteiger charge is 2.07. The summed E-state index contributed by atoms with van der Waals surface area (Å²) < 4.78 is 2.04. The van der Waals surface area contributed by atoms with Crippen molar-refractivity contribution in [1.29, 1.82) is 0 Å². The molecule has 0 spiro atoms. The van der Waals surface area contributed by atoms with E-state index in [4.69, 9.17) is 0 Å². The highest BCUT2D eigenvalue weighted by Crippen LogP contribution is 2.24. The second-order valence-electron chi connectivity index (χ2n) is 5.17. The Morgan fingerprint density at radius 2 is 1.95 bits per heavy atom. The van der Waals surface area contributed by atoms with Crippen LogP contribution in [0.2, 0.25) is 0 Å². The highest BCUT2D eigenvalue weighted by molar-refractivity contribution is 5.84. The molecule has 3 heteroatoms. The zero-order chi connectivity index (χ0) is 13.4. The summed E-state index contributed by atoms with van der Waals surface area (Å²) in [6.07, 6.45) is 3.78. The molecular formula is C16H17N3. The van der Waals surface area contributed by atoms with Crippen molar-refractivity contribution in [2.75, 3.05) is 0 Å². The van der Waals surface area contributed by atoms with Gasteiger partial charge in [0.25, 0.3) is 0 Å². The van der Waals surface area contributed by atoms with Crippen LogP contribution in [0.1, 0.15) is 25.5 Å². The molecule has 0 aliphatic carbocycles. The molecule has 3 nitrogen and oxygen atoms in total. The van der Waals surface area contributed by atoms with Crippen LogP contribution < -0.4 is 0 Å². The van der Waals surface area contributed by atoms with Gasteiger partial charge >= 0.3 is 0 Å². The molecule has 0 amide bonds. The fourth-order valence-corrected chi connectivity index (χ4v) is 2.32. The number of pyridine rings is 1. The Morgan fingerprint density at radius 3 is 2.68 bits per heavy atom. The minimum absolute atomic E-state index is 0.375. The van der Waals surface area contributed by atoms with Crippen molar-refractivity contribution in [2.45, 2.75) is 26.8 Å². The summed E-state index contributed by atoms with van der Waals surface area (Å²) in [6, 6.07) is 10.9. The number of hydrogen-bond acceptors (Lipinski definition) is 2. The first kappa shape index (κ1) is 11.9. The van der Waals surface area contributed by atoms with Crippen LogP contribution in [0.15, 0.2) is 42.7 Å². The molecule has 0 aliphatic heterocycles. The molecule has 0 aliphatic rings. The third-order valence-corrected chi connectivity index (χ3v) is 3.30. The van der Waals surface area contributed by atoms with Gasteiger partial charge < -0.3 is 0 Å². The Kier molecular flexibility index (Phi) is 2.82. The lowest BCUT2D eigenvalue weighted by Gasteiger charge is -2.07. The SMILES string of the molecule is Cc1ccnc(-c2ccc3c(cnn3C(C)C)c2)c1. The maximum absolute atomic E-state index is 4.44. The highest BCUT2D eigenvalue weighted by atomic mass is 15.3. The van der Waals surface area contributed by atoms with Gasteiger partial charge in [-0.2, -0.15) is 5.10 Å². The van der Waals surface area contributed by atoms with E-state index in [1.807, 2.05) is 23.1 Å². The molecule has 0 atom stereocenters. The summed E-state index contributed by atoms with van der Waals surface area (Å²) in [5, 5.41) is 5.60. The first-order chi connectivity index (χ1) is 9.15. The molecule has 0 unspecified atom stereocenters. The van der Waals surface area contributed by atoms with Crippen LogP contribution in [0.3, 0.4) is 0 Å². The summed E-state index contributed by atoms with van der Waals surface area (Å²) in [6.45, 7) is 6.37. The van der Waals surface area contributed by atoms with E-state index in [0.29, 0.717) is 6.04 Å². The molecule has 0 radical (unpaired) electrons. The van der Waals surface area contributed by atoms with Crippen molar-refractivity contribution in [1.82, 2.24) is 14.8 Å². The zero-order valence-corrected chi connectivity index (χ0v) is 11.5. The van der Waals surface area contributed by atoms with E-state index in [1.54, 1.807) is 0 Å². The molecule has 1 aromatic carbocycles. The minimum Gasteiger partial charge on any atom is -0.262 e. The summed E-state index contributed by atoms with van der Waals surface area (Å²) in [5.74, 6) is 0. The predicted molar refractivity (Wildman–Crippen MR) is 78.1 cm³/mol. The van der Waals surface area contributed by atoms with Crippen molar-refractivity contribution in [2.24, 2.45) is 0 Å². The van der Waals surface area contributed by atoms with Crippen LogP contribution in [0.25, 0.3) is 22.2 Å². The lowest BCUT2D eigenvalue weighted by atomic mass is 10.1. The fraction of sp³-hybridized carbons (Fsp3) is 0.250. The number of nitrogens with zero attached hydrogens (tertiary/aromatic N) is 3. The molecule has 3 aromatic rings. The van der Waals surface area contributed by atoms with Crippen LogP contribution in [-0.2, 0) is 0 Å². The van der Waals surface area contributed by atoms with Gasteiger partial charge in [-0.1, -0.05) is 6.07 Å². The first-order valence-corrected chi connectivity index (χ1v) is 6.55. The van der Waals surface area contributed by atoms with Crippen LogP contribution in [-0.4, -0.2) is 14.8 Å². The third-order valence-electron chi connectivity index (χ3n) is 3.30. The fourth-order valence-electron chi connectivity index (χ4n) is 2.32. The number of benzene rings is 1. The van der Waals surface area contributed by atoms with Crippen LogP contribution in [0.4, 0.5) is 0 Å². The number of aromatic nitrogens is 3. The maximum atomic E-state index is 4.44. The predicted octanol–water partition coefficient (Wildman–Crippen LogP) is 3.99. The van der Waals surface area contributed by atoms with E-state index in [9.17, 15) is 0 Å². The van der Waals surface area contributed by atoms with Crippen molar-refractivity contribution >= 4 is 10.9 Å². The molecule has 2 aromatic heterocycles. The van der Waals surface area contributed by atoms with Gasteiger partial charge in [-0.15, -0.1) is 0 Å². The molecule has 3 rings (SSSR count). The smallest absolute Gasteiger partial charge is 0.0704 e. The largest absolute Gasteiger partial charge is 0.262 e. The molecule has 0 bridgehead atoms. The van der Waals surface area contributed by atoms with Crippen LogP contribution in [0.5, 0.6) is 0 Å². The minimum atomic E-state index is 0.375. The number of hydrogen-bond donors (Lipinski definition) is 0. The van der Waals surface area contributed by atoms with Gasteiger partial charge in [-0.25, -0.2) is 0 Å². The number of rotatable bonds is 2. The molecule has 2 heterocycles. The monoisotopic (exact) mass is 251 g/mol. The Bertz CT molecular complexity index is 726. The standard InChI is InChI=1S/C16H17N3/c1-11(2)19-16-5-4-13(9-14(16)10-18-19)15-8-12(3)6-7-17-15/h4-11H,1-3H3. The normalized spacial score (nSPS) is 11.4. The summed E-state index contributed by atoms with van der Waals surface area (Å²) in [5.41, 5.74) is 4.55. The van der Waals surface area contributed by atoms with Gasteiger partial charge in [-0.3, -0.25) is 9.67 Å². The number of fused-ring (bicyclic) bond motifs is 1. The second kappa shape index (κ2) is 4.50. The van der Waals surface area contributed by atoms with Gasteiger partial charge in [0.05, 0.1) is 17.4 Å². The Morgan fingerprint density at radius 1 is 1.11 bits per heavy atom. The molecule has 96 valence electrons. The van der Waals surface area contributed by atoms with Crippen molar-refractivity contribution < 1.29 is 0 Å². The lowest BCUT2D eigenvalue weighted by Crippen LogP contribution is -2.01. The van der Waals surface area contributed by atoms with Crippen molar-refractivity contribution in [3.8, 4) is 11.3 Å². The topological polar surface area (TPSA) is 30.7 Å². The Labute approximate surface area is 112 Å². The van der Waals surface area contributed by atoms with Crippen molar-refractivity contribution in [3.63, 3.8) is 0 Å². The maximum Gasteiger partial charge on any atom is 0.0704 e. The van der Waals surface area contributed by atoms with Gasteiger partial charge in [0.15, 0.2) is 0 Å².